The van der Waals surface area contributed by atoms with Gasteiger partial charge in [-0.1, -0.05) is 23.2 Å². The summed E-state index contributed by atoms with van der Waals surface area (Å²) in [6.07, 6.45) is 4.96. The maximum Gasteiger partial charge on any atom is 1.00 e. The van der Waals surface area contributed by atoms with Gasteiger partial charge in [-0.15, -0.1) is 4.72 Å². The average Bonchev–Trinajstić information content (AvgIpc) is 2.95. The van der Waals surface area contributed by atoms with Crippen molar-refractivity contribution < 1.29 is 38.8 Å². The molecule has 2 aromatic rings. The first-order chi connectivity index (χ1) is 13.3. The van der Waals surface area contributed by atoms with Crippen molar-refractivity contribution in [2.45, 2.75) is 55.0 Å². The number of aromatic nitrogens is 2. The number of para-hydroxylation sites is 1. The molecule has 0 saturated carbocycles. The van der Waals surface area contributed by atoms with Crippen molar-refractivity contribution in [3.8, 4) is 5.75 Å². The Bertz CT molecular complexity index is 839. The van der Waals surface area contributed by atoms with Gasteiger partial charge in [0.05, 0.1) is 6.20 Å². The third-order valence-electron chi connectivity index (χ3n) is 5.40. The number of nitrogens with one attached hydrogen (secondary N) is 1. The number of rotatable bonds is 3. The average molecular weight is 441 g/mol. The Morgan fingerprint density at radius 1 is 1.21 bits per heavy atom. The molecule has 1 N–H and O–H groups in total. The smallest absolute Gasteiger partial charge is 0.759 e. The molecule has 0 amide bonds. The zero-order valence-electron chi connectivity index (χ0n) is 17.3. The Morgan fingerprint density at radius 2 is 1.90 bits per heavy atom. The van der Waals surface area contributed by atoms with Crippen LogP contribution in [-0.2, 0) is 24.0 Å². The van der Waals surface area contributed by atoms with Gasteiger partial charge in [-0.2, -0.15) is 0 Å². The monoisotopic (exact) mass is 440 g/mol. The van der Waals surface area contributed by atoms with E-state index < -0.39 is 17.0 Å². The molecule has 9 heteroatoms. The number of hydrogen-bond acceptors (Lipinski definition) is 7. The molecule has 6 nitrogen and oxygen atoms in total. The summed E-state index contributed by atoms with van der Waals surface area (Å²) < 4.78 is 22.4. The minimum absolute atomic E-state index is 0. The van der Waals surface area contributed by atoms with Crippen LogP contribution in [0.15, 0.2) is 41.7 Å². The molecule has 0 aliphatic carbocycles. The minimum Gasteiger partial charge on any atom is -0.759 e. The van der Waals surface area contributed by atoms with E-state index in [1.165, 1.54) is 0 Å². The maximum absolute atomic E-state index is 12.9. The molecule has 1 unspecified atom stereocenters. The first-order valence-corrected chi connectivity index (χ1v) is 11.0. The molecule has 1 aromatic heterocycles. The number of anilines is 1. The molecule has 1 fully saturated rings. The summed E-state index contributed by atoms with van der Waals surface area (Å²) in [5, 5.41) is 0.501. The van der Waals surface area contributed by atoms with E-state index in [0.717, 1.165) is 43.1 Å². The summed E-state index contributed by atoms with van der Waals surface area (Å²) in [4.78, 5) is 10.8. The van der Waals surface area contributed by atoms with Gasteiger partial charge < -0.3 is 26.8 Å². The van der Waals surface area contributed by atoms with E-state index in [9.17, 15) is 4.55 Å². The molecule has 0 bridgehead atoms. The van der Waals surface area contributed by atoms with Crippen molar-refractivity contribution >= 4 is 29.8 Å². The van der Waals surface area contributed by atoms with Gasteiger partial charge in [0.25, 0.3) is 0 Å². The van der Waals surface area contributed by atoms with Crippen molar-refractivity contribution in [2.75, 3.05) is 18.0 Å². The van der Waals surface area contributed by atoms with Crippen LogP contribution in [-0.4, -0.2) is 38.0 Å². The quantitative estimate of drug-likeness (QED) is 0.406. The number of benzene rings is 1. The normalized spacial score (nSPS) is 21.2. The second-order valence-electron chi connectivity index (χ2n) is 8.34. The summed E-state index contributed by atoms with van der Waals surface area (Å²) in [5.41, 5.74) is 0.677. The molecule has 3 heterocycles. The molecule has 29 heavy (non-hydrogen) atoms. The van der Waals surface area contributed by atoms with Crippen LogP contribution in [0.1, 0.15) is 45.2 Å². The Kier molecular flexibility index (Phi) is 7.05. The zero-order chi connectivity index (χ0) is 19.9. The summed E-state index contributed by atoms with van der Waals surface area (Å²) in [6, 6.07) is 7.96. The molecule has 0 radical (unpaired) electrons. The standard InChI is InChI=1S/C20H26N4O2S2.Na/c1-19(2,3)28(25)23-18-14-6-4-5-7-15(14)26-20(18)8-10-24(11-9-20)16-12-22-17(27)13-21-16;/h4-7,12-13,18,23H,8-11H2,1-3H3,(H,22,27);/q;+1/p-1/t18-,28?;/m1./s1. The second-order valence-corrected chi connectivity index (χ2v) is 10.8. The van der Waals surface area contributed by atoms with E-state index in [4.69, 9.17) is 17.4 Å². The fourth-order valence-corrected chi connectivity index (χ4v) is 4.82. The van der Waals surface area contributed by atoms with Gasteiger partial charge in [-0.3, -0.25) is 4.98 Å². The number of piperidine rings is 1. The van der Waals surface area contributed by atoms with Crippen LogP contribution in [0.4, 0.5) is 5.82 Å². The summed E-state index contributed by atoms with van der Waals surface area (Å²) in [5.74, 6) is 1.72. The number of nitrogens with zero attached hydrogens (tertiary/aromatic N) is 3. The van der Waals surface area contributed by atoms with E-state index in [0.29, 0.717) is 5.03 Å². The van der Waals surface area contributed by atoms with Gasteiger partial charge in [-0.05, 0) is 26.8 Å². The van der Waals surface area contributed by atoms with Crippen LogP contribution < -0.4 is 43.9 Å². The van der Waals surface area contributed by atoms with Crippen molar-refractivity contribution in [1.82, 2.24) is 14.7 Å². The van der Waals surface area contributed by atoms with E-state index >= 15 is 0 Å². The van der Waals surface area contributed by atoms with Crippen LogP contribution in [0.25, 0.3) is 0 Å². The number of hydrogen-bond donors (Lipinski definition) is 1. The van der Waals surface area contributed by atoms with Gasteiger partial charge in [-0.25, -0.2) is 4.98 Å². The van der Waals surface area contributed by atoms with Crippen LogP contribution in [0.2, 0.25) is 0 Å². The van der Waals surface area contributed by atoms with Gasteiger partial charge in [0.2, 0.25) is 0 Å². The third-order valence-corrected chi connectivity index (χ3v) is 7.17. The summed E-state index contributed by atoms with van der Waals surface area (Å²) >= 11 is 3.84. The maximum atomic E-state index is 12.9. The van der Waals surface area contributed by atoms with Crippen molar-refractivity contribution in [3.63, 3.8) is 0 Å². The Labute approximate surface area is 203 Å². The van der Waals surface area contributed by atoms with E-state index in [1.807, 2.05) is 39.0 Å². The topological polar surface area (TPSA) is 73.3 Å². The van der Waals surface area contributed by atoms with E-state index in [2.05, 4.69) is 25.7 Å². The molecule has 2 atom stereocenters. The first kappa shape index (κ1) is 23.1. The molecule has 4 rings (SSSR count). The molecule has 150 valence electrons. The summed E-state index contributed by atoms with van der Waals surface area (Å²) in [7, 11) is 0. The number of fused-ring (bicyclic) bond motifs is 1. The van der Waals surface area contributed by atoms with Gasteiger partial charge in [0, 0.05) is 49.1 Å². The fraction of sp³-hybridized carbons (Fsp3) is 0.500. The van der Waals surface area contributed by atoms with E-state index in [-0.39, 0.29) is 40.3 Å². The third kappa shape index (κ3) is 4.69. The first-order valence-electron chi connectivity index (χ1n) is 9.48. The molecule has 2 aliphatic heterocycles. The largest absolute Gasteiger partial charge is 1.00 e. The SMILES string of the molecule is CC(C)(C)[S+]([O-])N[C@@H]1c2ccccc2OC12CCN(c1cnc([S-])cn1)CC2.[Na+]. The minimum atomic E-state index is -1.19. The molecular formula is C20H25N4NaO2S2. The second kappa shape index (κ2) is 8.86. The van der Waals surface area contributed by atoms with Gasteiger partial charge >= 0.3 is 29.6 Å². The van der Waals surface area contributed by atoms with Crippen LogP contribution in [0.5, 0.6) is 5.75 Å². The molecule has 1 spiro atoms. The Balaban J connectivity index is 0.00000240. The molecular weight excluding hydrogens is 415 g/mol. The predicted octanol–water partition coefficient (Wildman–Crippen LogP) is -0.0891. The van der Waals surface area contributed by atoms with Crippen molar-refractivity contribution in [1.29, 1.82) is 0 Å². The molecule has 2 aliphatic rings. The van der Waals surface area contributed by atoms with Gasteiger partial charge in [0.1, 0.15) is 28.0 Å². The van der Waals surface area contributed by atoms with Crippen LogP contribution >= 0.6 is 0 Å². The van der Waals surface area contributed by atoms with E-state index in [1.54, 1.807) is 12.4 Å². The number of ether oxygens (including phenoxy) is 1. The van der Waals surface area contributed by atoms with Crippen LogP contribution in [0, 0.1) is 0 Å². The zero-order valence-corrected chi connectivity index (χ0v) is 21.0. The Hall–Kier alpha value is -0.610. The molecule has 1 aromatic carbocycles. The fourth-order valence-electron chi connectivity index (χ4n) is 3.81. The predicted molar refractivity (Wildman–Crippen MR) is 113 cm³/mol. The van der Waals surface area contributed by atoms with Crippen molar-refractivity contribution in [2.24, 2.45) is 0 Å². The van der Waals surface area contributed by atoms with Crippen LogP contribution in [0.3, 0.4) is 0 Å². The Morgan fingerprint density at radius 3 is 2.52 bits per heavy atom. The van der Waals surface area contributed by atoms with Gasteiger partial charge in [0.15, 0.2) is 0 Å². The molecule has 1 saturated heterocycles. The summed E-state index contributed by atoms with van der Waals surface area (Å²) in [6.45, 7) is 7.53. The van der Waals surface area contributed by atoms with Crippen molar-refractivity contribution in [3.05, 3.63) is 42.2 Å².